The molecule has 0 saturated heterocycles. The molecule has 0 spiro atoms. The van der Waals surface area contributed by atoms with E-state index in [2.05, 4.69) is 20.7 Å². The van der Waals surface area contributed by atoms with Crippen molar-refractivity contribution in [2.24, 2.45) is 0 Å². The lowest BCUT2D eigenvalue weighted by molar-refractivity contribution is -0.152. The molecule has 0 aliphatic rings. The van der Waals surface area contributed by atoms with Crippen molar-refractivity contribution in [3.63, 3.8) is 0 Å². The van der Waals surface area contributed by atoms with Crippen LogP contribution in [0.15, 0.2) is 22.7 Å². The Bertz CT molecular complexity index is 430. The molecule has 0 saturated carbocycles. The number of carbonyl (C=O) groups is 1. The largest absolute Gasteiger partial charge is 0.488 e. The van der Waals surface area contributed by atoms with Crippen molar-refractivity contribution >= 4 is 21.9 Å². The maximum Gasteiger partial charge on any atom is 0.338 e. The summed E-state index contributed by atoms with van der Waals surface area (Å²) in [6, 6.07) is 5.05. The highest BCUT2D eigenvalue weighted by atomic mass is 79.9. The fourth-order valence-electron chi connectivity index (χ4n) is 1.56. The minimum atomic E-state index is -0.425. The van der Waals surface area contributed by atoms with Crippen LogP contribution in [0.4, 0.5) is 0 Å². The Kier molecular flexibility index (Phi) is 7.58. The molecule has 0 atom stereocenters. The molecule has 20 heavy (non-hydrogen) atoms. The lowest BCUT2D eigenvalue weighted by Gasteiger charge is -2.17. The van der Waals surface area contributed by atoms with Gasteiger partial charge in [0.15, 0.2) is 6.29 Å². The van der Waals surface area contributed by atoms with E-state index in [1.165, 1.54) is 7.11 Å². The molecular formula is C14H19BrO5. The summed E-state index contributed by atoms with van der Waals surface area (Å²) in [5.74, 6) is 0.131. The molecule has 0 aromatic heterocycles. The number of benzene rings is 1. The molecular weight excluding hydrogens is 328 g/mol. The first-order valence-electron chi connectivity index (χ1n) is 6.35. The van der Waals surface area contributed by atoms with Crippen LogP contribution in [0.5, 0.6) is 5.75 Å². The summed E-state index contributed by atoms with van der Waals surface area (Å²) in [5.41, 5.74) is 0.418. The molecule has 0 bridgehead atoms. The van der Waals surface area contributed by atoms with Gasteiger partial charge in [0, 0.05) is 17.7 Å². The topological polar surface area (TPSA) is 54.0 Å². The normalized spacial score (nSPS) is 10.7. The van der Waals surface area contributed by atoms with Gasteiger partial charge in [0.2, 0.25) is 0 Å². The molecule has 0 unspecified atom stereocenters. The van der Waals surface area contributed by atoms with Crippen molar-refractivity contribution in [3.05, 3.63) is 28.2 Å². The molecule has 0 amide bonds. The SMILES string of the molecule is CCOC(COc1cc(Br)cc(C(=O)OC)c1)OCC. The minimum Gasteiger partial charge on any atom is -0.488 e. The van der Waals surface area contributed by atoms with Gasteiger partial charge >= 0.3 is 5.97 Å². The van der Waals surface area contributed by atoms with Gasteiger partial charge in [0.05, 0.1) is 12.7 Å². The van der Waals surface area contributed by atoms with Gasteiger partial charge in [0.25, 0.3) is 0 Å². The Morgan fingerprint density at radius 2 is 1.85 bits per heavy atom. The molecule has 0 radical (unpaired) electrons. The van der Waals surface area contributed by atoms with Crippen molar-refractivity contribution in [1.82, 2.24) is 0 Å². The molecule has 112 valence electrons. The zero-order chi connectivity index (χ0) is 15.0. The van der Waals surface area contributed by atoms with E-state index < -0.39 is 12.3 Å². The molecule has 1 rings (SSSR count). The number of ether oxygens (including phenoxy) is 4. The molecule has 0 aliphatic heterocycles. The first-order valence-corrected chi connectivity index (χ1v) is 7.14. The molecule has 5 nitrogen and oxygen atoms in total. The smallest absolute Gasteiger partial charge is 0.338 e. The Balaban J connectivity index is 2.71. The van der Waals surface area contributed by atoms with Crippen LogP contribution in [0.1, 0.15) is 24.2 Å². The van der Waals surface area contributed by atoms with Crippen LogP contribution >= 0.6 is 15.9 Å². The van der Waals surface area contributed by atoms with Crippen molar-refractivity contribution in [2.45, 2.75) is 20.1 Å². The lowest BCUT2D eigenvalue weighted by atomic mass is 10.2. The number of hydrogen-bond acceptors (Lipinski definition) is 5. The predicted octanol–water partition coefficient (Wildman–Crippen LogP) is 3.01. The van der Waals surface area contributed by atoms with Crippen LogP contribution in [0, 0.1) is 0 Å². The fraction of sp³-hybridized carbons (Fsp3) is 0.500. The van der Waals surface area contributed by atoms with Crippen molar-refractivity contribution in [1.29, 1.82) is 0 Å². The van der Waals surface area contributed by atoms with Crippen LogP contribution in [-0.2, 0) is 14.2 Å². The van der Waals surface area contributed by atoms with Crippen molar-refractivity contribution in [2.75, 3.05) is 26.9 Å². The van der Waals surface area contributed by atoms with Gasteiger partial charge in [-0.15, -0.1) is 0 Å². The van der Waals surface area contributed by atoms with Gasteiger partial charge < -0.3 is 18.9 Å². The van der Waals surface area contributed by atoms with Gasteiger partial charge in [-0.2, -0.15) is 0 Å². The number of halogens is 1. The van der Waals surface area contributed by atoms with Crippen molar-refractivity contribution < 1.29 is 23.7 Å². The van der Waals surface area contributed by atoms with E-state index in [1.54, 1.807) is 18.2 Å². The standard InChI is InChI=1S/C14H19BrO5/c1-4-18-13(19-5-2)9-20-12-7-10(14(16)17-3)6-11(15)8-12/h6-8,13H,4-5,9H2,1-3H3. The summed E-state index contributed by atoms with van der Waals surface area (Å²) < 4.78 is 21.8. The molecule has 0 N–H and O–H groups in total. The lowest BCUT2D eigenvalue weighted by Crippen LogP contribution is -2.25. The Labute approximate surface area is 127 Å². The third-order valence-corrected chi connectivity index (χ3v) is 2.84. The van der Waals surface area contributed by atoms with E-state index in [1.807, 2.05) is 13.8 Å². The predicted molar refractivity (Wildman–Crippen MR) is 78.0 cm³/mol. The molecule has 6 heteroatoms. The summed E-state index contributed by atoms with van der Waals surface area (Å²) in [6.45, 7) is 5.11. The third-order valence-electron chi connectivity index (χ3n) is 2.38. The average molecular weight is 347 g/mol. The van der Waals surface area contributed by atoms with Crippen LogP contribution in [-0.4, -0.2) is 39.2 Å². The Morgan fingerprint density at radius 3 is 2.40 bits per heavy atom. The van der Waals surface area contributed by atoms with E-state index in [0.29, 0.717) is 24.5 Å². The number of methoxy groups -OCH3 is 1. The highest BCUT2D eigenvalue weighted by molar-refractivity contribution is 9.10. The quantitative estimate of drug-likeness (QED) is 0.535. The second-order valence-electron chi connectivity index (χ2n) is 3.82. The summed E-state index contributed by atoms with van der Waals surface area (Å²) in [4.78, 5) is 11.5. The first kappa shape index (κ1) is 16.9. The minimum absolute atomic E-state index is 0.249. The second-order valence-corrected chi connectivity index (χ2v) is 4.73. The van der Waals surface area contributed by atoms with Gasteiger partial charge in [-0.25, -0.2) is 4.79 Å². The molecule has 0 fully saturated rings. The van der Waals surface area contributed by atoms with Crippen LogP contribution in [0.25, 0.3) is 0 Å². The van der Waals surface area contributed by atoms with E-state index in [4.69, 9.17) is 14.2 Å². The van der Waals surface area contributed by atoms with Crippen LogP contribution in [0.2, 0.25) is 0 Å². The zero-order valence-electron chi connectivity index (χ0n) is 11.8. The van der Waals surface area contributed by atoms with Gasteiger partial charge in [-0.05, 0) is 32.0 Å². The number of hydrogen-bond donors (Lipinski definition) is 0. The van der Waals surface area contributed by atoms with E-state index in [0.717, 1.165) is 4.47 Å². The highest BCUT2D eigenvalue weighted by Gasteiger charge is 2.12. The van der Waals surface area contributed by atoms with E-state index in [-0.39, 0.29) is 6.61 Å². The van der Waals surface area contributed by atoms with E-state index in [9.17, 15) is 4.79 Å². The highest BCUT2D eigenvalue weighted by Crippen LogP contribution is 2.22. The maximum absolute atomic E-state index is 11.5. The van der Waals surface area contributed by atoms with Crippen LogP contribution < -0.4 is 4.74 Å². The fourth-order valence-corrected chi connectivity index (χ4v) is 2.03. The number of carbonyl (C=O) groups excluding carboxylic acids is 1. The van der Waals surface area contributed by atoms with E-state index >= 15 is 0 Å². The van der Waals surface area contributed by atoms with Crippen molar-refractivity contribution in [3.8, 4) is 5.75 Å². The summed E-state index contributed by atoms with van der Waals surface area (Å²) in [5, 5.41) is 0. The summed E-state index contributed by atoms with van der Waals surface area (Å²) >= 11 is 3.33. The van der Waals surface area contributed by atoms with Gasteiger partial charge in [-0.3, -0.25) is 0 Å². The molecule has 0 aliphatic carbocycles. The average Bonchev–Trinajstić information content (AvgIpc) is 2.44. The van der Waals surface area contributed by atoms with Gasteiger partial charge in [-0.1, -0.05) is 15.9 Å². The van der Waals surface area contributed by atoms with Crippen LogP contribution in [0.3, 0.4) is 0 Å². The second kappa shape index (κ2) is 8.94. The number of rotatable bonds is 8. The Morgan fingerprint density at radius 1 is 1.20 bits per heavy atom. The molecule has 0 heterocycles. The zero-order valence-corrected chi connectivity index (χ0v) is 13.4. The monoisotopic (exact) mass is 346 g/mol. The molecule has 1 aromatic rings. The first-order chi connectivity index (χ1) is 9.60. The Hall–Kier alpha value is -1.11. The summed E-state index contributed by atoms with van der Waals surface area (Å²) in [6.07, 6.45) is -0.425. The van der Waals surface area contributed by atoms with Gasteiger partial charge in [0.1, 0.15) is 12.4 Å². The molecule has 1 aromatic carbocycles. The maximum atomic E-state index is 11.5. The number of esters is 1. The summed E-state index contributed by atoms with van der Waals surface area (Å²) in [7, 11) is 1.34. The third kappa shape index (κ3) is 5.48.